The highest BCUT2D eigenvalue weighted by Crippen LogP contribution is 2.35. The molecule has 3 nitrogen and oxygen atoms in total. The van der Waals surface area contributed by atoms with Gasteiger partial charge in [0.25, 0.3) is 0 Å². The van der Waals surface area contributed by atoms with E-state index in [2.05, 4.69) is 20.8 Å². The fourth-order valence-corrected chi connectivity index (χ4v) is 2.02. The van der Waals surface area contributed by atoms with Crippen LogP contribution >= 0.6 is 15.9 Å². The second-order valence-electron chi connectivity index (χ2n) is 3.83. The molecule has 0 saturated heterocycles. The maximum absolute atomic E-state index is 5.54. The normalized spacial score (nSPS) is 14.4. The van der Waals surface area contributed by atoms with Gasteiger partial charge >= 0.3 is 0 Å². The molecule has 1 heterocycles. The van der Waals surface area contributed by atoms with Gasteiger partial charge in [-0.3, -0.25) is 0 Å². The highest BCUT2D eigenvalue weighted by molar-refractivity contribution is 9.10. The highest BCUT2D eigenvalue weighted by atomic mass is 79.9. The van der Waals surface area contributed by atoms with Crippen LogP contribution in [0.2, 0.25) is 0 Å². The summed E-state index contributed by atoms with van der Waals surface area (Å²) in [6.45, 7) is 2.15. The Kier molecular flexibility index (Phi) is 3.17. The van der Waals surface area contributed by atoms with Crippen molar-refractivity contribution in [3.8, 4) is 11.5 Å². The van der Waals surface area contributed by atoms with Crippen LogP contribution in [0.25, 0.3) is 0 Å². The molecule has 0 N–H and O–H groups in total. The van der Waals surface area contributed by atoms with Crippen molar-refractivity contribution < 1.29 is 9.47 Å². The van der Waals surface area contributed by atoms with E-state index >= 15 is 0 Å². The predicted octanol–water partition coefficient (Wildman–Crippen LogP) is 2.28. The van der Waals surface area contributed by atoms with Crippen molar-refractivity contribution in [2.24, 2.45) is 0 Å². The maximum atomic E-state index is 5.54. The second kappa shape index (κ2) is 4.41. The number of ether oxygens (including phenoxy) is 2. The molecule has 0 amide bonds. The van der Waals surface area contributed by atoms with Crippen LogP contribution in [0.15, 0.2) is 16.6 Å². The van der Waals surface area contributed by atoms with Gasteiger partial charge in [0.15, 0.2) is 11.5 Å². The average molecular weight is 272 g/mol. The van der Waals surface area contributed by atoms with E-state index in [0.29, 0.717) is 13.2 Å². The first-order valence-corrected chi connectivity index (χ1v) is 5.69. The summed E-state index contributed by atoms with van der Waals surface area (Å²) in [5.74, 6) is 1.68. The Morgan fingerprint density at radius 2 is 1.80 bits per heavy atom. The zero-order valence-corrected chi connectivity index (χ0v) is 10.5. The Morgan fingerprint density at radius 3 is 2.40 bits per heavy atom. The van der Waals surface area contributed by atoms with E-state index in [9.17, 15) is 0 Å². The number of fused-ring (bicyclic) bond motifs is 1. The third-order valence-corrected chi connectivity index (χ3v) is 2.94. The van der Waals surface area contributed by atoms with Crippen molar-refractivity contribution in [3.05, 3.63) is 22.2 Å². The first kappa shape index (κ1) is 10.8. The zero-order valence-electron chi connectivity index (χ0n) is 8.92. The van der Waals surface area contributed by atoms with E-state index in [4.69, 9.17) is 9.47 Å². The quantitative estimate of drug-likeness (QED) is 0.824. The van der Waals surface area contributed by atoms with E-state index < -0.39 is 0 Å². The number of nitrogens with zero attached hydrogens (tertiary/aromatic N) is 1. The van der Waals surface area contributed by atoms with Crippen LogP contribution < -0.4 is 9.47 Å². The van der Waals surface area contributed by atoms with Gasteiger partial charge in [-0.2, -0.15) is 0 Å². The SMILES string of the molecule is CN(C)Cc1cc2c(cc1Br)OCCO2. The summed E-state index contributed by atoms with van der Waals surface area (Å²) in [5, 5.41) is 0. The van der Waals surface area contributed by atoms with Gasteiger partial charge in [0, 0.05) is 11.0 Å². The van der Waals surface area contributed by atoms with Gasteiger partial charge in [0.2, 0.25) is 0 Å². The lowest BCUT2D eigenvalue weighted by atomic mass is 10.2. The summed E-state index contributed by atoms with van der Waals surface area (Å²) >= 11 is 3.54. The number of halogens is 1. The molecular formula is C11H14BrNO2. The number of rotatable bonds is 2. The summed E-state index contributed by atoms with van der Waals surface area (Å²) < 4.78 is 12.1. The van der Waals surface area contributed by atoms with Crippen molar-refractivity contribution in [3.63, 3.8) is 0 Å². The number of benzene rings is 1. The Bertz CT molecular complexity index is 366. The minimum Gasteiger partial charge on any atom is -0.486 e. The second-order valence-corrected chi connectivity index (χ2v) is 4.68. The molecule has 0 unspecified atom stereocenters. The third kappa shape index (κ3) is 2.44. The molecule has 1 aromatic rings. The molecular weight excluding hydrogens is 258 g/mol. The lowest BCUT2D eigenvalue weighted by Gasteiger charge is -2.20. The standard InChI is InChI=1S/C11H14BrNO2/c1-13(2)7-8-5-10-11(6-9(8)12)15-4-3-14-10/h5-6H,3-4,7H2,1-2H3. The average Bonchev–Trinajstić information content (AvgIpc) is 2.18. The fourth-order valence-electron chi connectivity index (χ4n) is 1.57. The molecule has 0 aliphatic carbocycles. The van der Waals surface area contributed by atoms with E-state index in [0.717, 1.165) is 22.5 Å². The maximum Gasteiger partial charge on any atom is 0.162 e. The van der Waals surface area contributed by atoms with Crippen LogP contribution in [0.1, 0.15) is 5.56 Å². The van der Waals surface area contributed by atoms with Crippen LogP contribution in [-0.4, -0.2) is 32.2 Å². The van der Waals surface area contributed by atoms with Crippen LogP contribution in [0.3, 0.4) is 0 Å². The van der Waals surface area contributed by atoms with Crippen molar-refractivity contribution >= 4 is 15.9 Å². The first-order valence-electron chi connectivity index (χ1n) is 4.89. The fraction of sp³-hybridized carbons (Fsp3) is 0.455. The molecule has 2 rings (SSSR count). The molecule has 82 valence electrons. The molecule has 1 aliphatic heterocycles. The van der Waals surface area contributed by atoms with E-state index in [-0.39, 0.29) is 0 Å². The zero-order chi connectivity index (χ0) is 10.8. The lowest BCUT2D eigenvalue weighted by Crippen LogP contribution is -2.16. The monoisotopic (exact) mass is 271 g/mol. The molecule has 0 atom stereocenters. The topological polar surface area (TPSA) is 21.7 Å². The van der Waals surface area contributed by atoms with Gasteiger partial charge in [-0.1, -0.05) is 15.9 Å². The van der Waals surface area contributed by atoms with Gasteiger partial charge in [-0.05, 0) is 31.8 Å². The first-order chi connectivity index (χ1) is 7.16. The Hall–Kier alpha value is -0.740. The van der Waals surface area contributed by atoms with Crippen LogP contribution in [0.5, 0.6) is 11.5 Å². The van der Waals surface area contributed by atoms with E-state index in [1.54, 1.807) is 0 Å². The van der Waals surface area contributed by atoms with Crippen molar-refractivity contribution in [2.75, 3.05) is 27.3 Å². The Labute approximate surface area is 98.1 Å². The molecule has 1 aliphatic rings. The van der Waals surface area contributed by atoms with Crippen molar-refractivity contribution in [2.45, 2.75) is 6.54 Å². The molecule has 0 aromatic heterocycles. The smallest absolute Gasteiger partial charge is 0.162 e. The van der Waals surface area contributed by atoms with Gasteiger partial charge in [0.1, 0.15) is 13.2 Å². The summed E-state index contributed by atoms with van der Waals surface area (Å²) in [7, 11) is 4.09. The van der Waals surface area contributed by atoms with Gasteiger partial charge < -0.3 is 14.4 Å². The number of hydrogen-bond acceptors (Lipinski definition) is 3. The summed E-state index contributed by atoms with van der Waals surface area (Å²) in [6.07, 6.45) is 0. The van der Waals surface area contributed by atoms with Gasteiger partial charge in [0.05, 0.1) is 0 Å². The summed E-state index contributed by atoms with van der Waals surface area (Å²) in [4.78, 5) is 2.12. The Morgan fingerprint density at radius 1 is 1.20 bits per heavy atom. The van der Waals surface area contributed by atoms with E-state index in [1.165, 1.54) is 5.56 Å². The summed E-state index contributed by atoms with van der Waals surface area (Å²) in [5.41, 5.74) is 1.21. The van der Waals surface area contributed by atoms with Gasteiger partial charge in [-0.15, -0.1) is 0 Å². The Balaban J connectivity index is 2.32. The van der Waals surface area contributed by atoms with Gasteiger partial charge in [-0.25, -0.2) is 0 Å². The molecule has 0 bridgehead atoms. The van der Waals surface area contributed by atoms with Crippen LogP contribution in [-0.2, 0) is 6.54 Å². The molecule has 4 heteroatoms. The summed E-state index contributed by atoms with van der Waals surface area (Å²) in [6, 6.07) is 4.02. The van der Waals surface area contributed by atoms with Crippen molar-refractivity contribution in [1.29, 1.82) is 0 Å². The minimum atomic E-state index is 0.631. The highest BCUT2D eigenvalue weighted by Gasteiger charge is 2.14. The molecule has 15 heavy (non-hydrogen) atoms. The number of hydrogen-bond donors (Lipinski definition) is 0. The molecule has 1 aromatic carbocycles. The molecule has 0 saturated carbocycles. The third-order valence-electron chi connectivity index (χ3n) is 2.20. The van der Waals surface area contributed by atoms with Crippen molar-refractivity contribution in [1.82, 2.24) is 4.90 Å². The van der Waals surface area contributed by atoms with E-state index in [1.807, 2.05) is 26.2 Å². The largest absolute Gasteiger partial charge is 0.486 e. The van der Waals surface area contributed by atoms with Crippen LogP contribution in [0.4, 0.5) is 0 Å². The predicted molar refractivity (Wildman–Crippen MR) is 62.5 cm³/mol. The minimum absolute atomic E-state index is 0.631. The lowest BCUT2D eigenvalue weighted by molar-refractivity contribution is 0.171. The molecule has 0 spiro atoms. The molecule has 0 radical (unpaired) electrons. The molecule has 0 fully saturated rings. The van der Waals surface area contributed by atoms with Crippen LogP contribution in [0, 0.1) is 0 Å².